The molecule has 3 rings (SSSR count). The summed E-state index contributed by atoms with van der Waals surface area (Å²) in [5, 5.41) is 3.52. The van der Waals surface area contributed by atoms with Crippen LogP contribution < -0.4 is 10.1 Å². The van der Waals surface area contributed by atoms with Gasteiger partial charge in [0.05, 0.1) is 25.3 Å². The second-order valence-electron chi connectivity index (χ2n) is 3.78. The highest BCUT2D eigenvalue weighted by atomic mass is 35.5. The molecule has 0 atom stereocenters. The highest BCUT2D eigenvalue weighted by Gasteiger charge is 2.08. The Labute approximate surface area is 113 Å². The van der Waals surface area contributed by atoms with E-state index in [1.165, 1.54) is 0 Å². The van der Waals surface area contributed by atoms with Crippen LogP contribution in [0.15, 0.2) is 30.7 Å². The van der Waals surface area contributed by atoms with E-state index in [2.05, 4.69) is 25.3 Å². The lowest BCUT2D eigenvalue weighted by Gasteiger charge is -2.09. The minimum Gasteiger partial charge on any atom is -0.495 e. The molecule has 0 amide bonds. The van der Waals surface area contributed by atoms with Gasteiger partial charge < -0.3 is 15.0 Å². The molecule has 3 aromatic rings. The summed E-state index contributed by atoms with van der Waals surface area (Å²) >= 11 is 6.19. The van der Waals surface area contributed by atoms with Crippen LogP contribution in [0, 0.1) is 0 Å². The molecule has 0 aliphatic rings. The van der Waals surface area contributed by atoms with Gasteiger partial charge >= 0.3 is 0 Å². The number of hydrogen-bond donors (Lipinski definition) is 2. The highest BCUT2D eigenvalue weighted by Crippen LogP contribution is 2.32. The summed E-state index contributed by atoms with van der Waals surface area (Å²) in [6, 6.07) is 5.44. The third-order valence-electron chi connectivity index (χ3n) is 2.61. The van der Waals surface area contributed by atoms with E-state index >= 15 is 0 Å². The number of nitrogens with one attached hydrogen (secondary N) is 2. The second-order valence-corrected chi connectivity index (χ2v) is 4.16. The Kier molecular flexibility index (Phi) is 2.92. The summed E-state index contributed by atoms with van der Waals surface area (Å²) < 4.78 is 5.15. The first-order chi connectivity index (χ1) is 9.28. The van der Waals surface area contributed by atoms with Gasteiger partial charge in [0.25, 0.3) is 0 Å². The number of imidazole rings is 1. The lowest BCUT2D eigenvalue weighted by molar-refractivity contribution is 0.415. The molecule has 2 heterocycles. The monoisotopic (exact) mass is 275 g/mol. The second kappa shape index (κ2) is 4.74. The minimum atomic E-state index is 0.426. The van der Waals surface area contributed by atoms with Crippen LogP contribution in [0.3, 0.4) is 0 Å². The van der Waals surface area contributed by atoms with Crippen LogP contribution in [-0.4, -0.2) is 27.0 Å². The van der Waals surface area contributed by atoms with Gasteiger partial charge in [-0.15, -0.1) is 0 Å². The van der Waals surface area contributed by atoms with Crippen LogP contribution in [0.1, 0.15) is 0 Å². The van der Waals surface area contributed by atoms with Gasteiger partial charge in [-0.05, 0) is 12.1 Å². The van der Waals surface area contributed by atoms with Gasteiger partial charge in [0.1, 0.15) is 16.3 Å². The number of rotatable bonds is 3. The number of benzene rings is 1. The molecule has 0 saturated heterocycles. The molecule has 0 fully saturated rings. The van der Waals surface area contributed by atoms with Crippen molar-refractivity contribution in [1.29, 1.82) is 0 Å². The van der Waals surface area contributed by atoms with Crippen molar-refractivity contribution in [2.45, 2.75) is 0 Å². The molecule has 7 heteroatoms. The summed E-state index contributed by atoms with van der Waals surface area (Å²) in [5.74, 6) is 1.02. The third-order valence-corrected chi connectivity index (χ3v) is 3.00. The number of nitrogens with zero attached hydrogens (tertiary/aromatic N) is 3. The molecule has 0 aliphatic carbocycles. The van der Waals surface area contributed by atoms with Crippen molar-refractivity contribution in [3.05, 3.63) is 35.7 Å². The van der Waals surface area contributed by atoms with Crippen molar-refractivity contribution >= 4 is 34.4 Å². The number of methoxy groups -OCH3 is 1. The van der Waals surface area contributed by atoms with Crippen LogP contribution in [0.25, 0.3) is 11.2 Å². The van der Waals surface area contributed by atoms with Gasteiger partial charge in [0.15, 0.2) is 5.65 Å². The number of halogens is 1. The van der Waals surface area contributed by atoms with Gasteiger partial charge in [-0.25, -0.2) is 9.97 Å². The summed E-state index contributed by atoms with van der Waals surface area (Å²) in [6.07, 6.45) is 3.23. The molecule has 0 radical (unpaired) electrons. The zero-order valence-corrected chi connectivity index (χ0v) is 10.8. The Morgan fingerprint density at radius 1 is 1.32 bits per heavy atom. The van der Waals surface area contributed by atoms with Gasteiger partial charge in [0.2, 0.25) is 5.95 Å². The van der Waals surface area contributed by atoms with E-state index in [9.17, 15) is 0 Å². The normalized spacial score (nSPS) is 10.6. The largest absolute Gasteiger partial charge is 0.495 e. The summed E-state index contributed by atoms with van der Waals surface area (Å²) in [5.41, 5.74) is 2.05. The number of ether oxygens (including phenoxy) is 1. The number of aromatic nitrogens is 4. The fraction of sp³-hybridized carbons (Fsp3) is 0.0833. The molecule has 96 valence electrons. The van der Waals surface area contributed by atoms with Crippen LogP contribution in [0.2, 0.25) is 5.02 Å². The van der Waals surface area contributed by atoms with Crippen LogP contribution in [0.5, 0.6) is 5.75 Å². The highest BCUT2D eigenvalue weighted by molar-refractivity contribution is 6.34. The molecule has 0 unspecified atom stereocenters. The Balaban J connectivity index is 1.96. The lowest BCUT2D eigenvalue weighted by Crippen LogP contribution is -1.98. The fourth-order valence-corrected chi connectivity index (χ4v) is 1.93. The summed E-state index contributed by atoms with van der Waals surface area (Å²) in [6.45, 7) is 0. The molecule has 19 heavy (non-hydrogen) atoms. The van der Waals surface area contributed by atoms with Crippen molar-refractivity contribution < 1.29 is 4.74 Å². The molecule has 6 nitrogen and oxygen atoms in total. The molecule has 2 aromatic heterocycles. The summed E-state index contributed by atoms with van der Waals surface area (Å²) in [7, 11) is 1.57. The molecule has 0 saturated carbocycles. The average molecular weight is 276 g/mol. The standard InChI is InChI=1S/C12H10ClN5O/c1-19-9-4-2-3-7(10(9)13)17-12-14-5-8-11(18-12)16-6-15-8/h2-6H,1H3,(H2,14,15,16,17,18). The Morgan fingerprint density at radius 2 is 2.21 bits per heavy atom. The van der Waals surface area contributed by atoms with Crippen molar-refractivity contribution in [2.75, 3.05) is 12.4 Å². The van der Waals surface area contributed by atoms with Crippen molar-refractivity contribution in [1.82, 2.24) is 19.9 Å². The maximum Gasteiger partial charge on any atom is 0.229 e. The smallest absolute Gasteiger partial charge is 0.229 e. The van der Waals surface area contributed by atoms with Gasteiger partial charge in [-0.3, -0.25) is 0 Å². The average Bonchev–Trinajstić information content (AvgIpc) is 2.88. The quantitative estimate of drug-likeness (QED) is 0.769. The number of H-pyrrole nitrogens is 1. The Hall–Kier alpha value is -2.34. The van der Waals surface area contributed by atoms with E-state index in [4.69, 9.17) is 16.3 Å². The zero-order chi connectivity index (χ0) is 13.2. The van der Waals surface area contributed by atoms with Crippen molar-refractivity contribution in [2.24, 2.45) is 0 Å². The van der Waals surface area contributed by atoms with E-state index < -0.39 is 0 Å². The van der Waals surface area contributed by atoms with E-state index in [0.717, 1.165) is 5.52 Å². The number of hydrogen-bond acceptors (Lipinski definition) is 5. The third kappa shape index (κ3) is 2.17. The topological polar surface area (TPSA) is 75.7 Å². The number of fused-ring (bicyclic) bond motifs is 1. The van der Waals surface area contributed by atoms with E-state index in [1.54, 1.807) is 25.7 Å². The number of anilines is 2. The van der Waals surface area contributed by atoms with Gasteiger partial charge in [0, 0.05) is 0 Å². The molecule has 0 spiro atoms. The van der Waals surface area contributed by atoms with Gasteiger partial charge in [-0.2, -0.15) is 4.98 Å². The molecule has 0 bridgehead atoms. The van der Waals surface area contributed by atoms with Gasteiger partial charge in [-0.1, -0.05) is 17.7 Å². The lowest BCUT2D eigenvalue weighted by atomic mass is 10.3. The van der Waals surface area contributed by atoms with Crippen LogP contribution in [-0.2, 0) is 0 Å². The molecular weight excluding hydrogens is 266 g/mol. The Morgan fingerprint density at radius 3 is 3.05 bits per heavy atom. The fourth-order valence-electron chi connectivity index (χ4n) is 1.68. The molecule has 1 aromatic carbocycles. The first-order valence-corrected chi connectivity index (χ1v) is 5.91. The number of aromatic amines is 1. The minimum absolute atomic E-state index is 0.426. The van der Waals surface area contributed by atoms with Crippen molar-refractivity contribution in [3.63, 3.8) is 0 Å². The maximum absolute atomic E-state index is 6.19. The van der Waals surface area contributed by atoms with Crippen LogP contribution in [0.4, 0.5) is 11.6 Å². The molecular formula is C12H10ClN5O. The van der Waals surface area contributed by atoms with Crippen molar-refractivity contribution in [3.8, 4) is 5.75 Å². The van der Waals surface area contributed by atoms with Crippen LogP contribution >= 0.6 is 11.6 Å². The maximum atomic E-state index is 6.19. The van der Waals surface area contributed by atoms with E-state index in [0.29, 0.717) is 28.1 Å². The summed E-state index contributed by atoms with van der Waals surface area (Å²) in [4.78, 5) is 15.4. The SMILES string of the molecule is COc1cccc(Nc2ncc3[nH]cnc3n2)c1Cl. The molecule has 2 N–H and O–H groups in total. The first kappa shape index (κ1) is 11.7. The predicted octanol–water partition coefficient (Wildman–Crippen LogP) is 2.76. The predicted molar refractivity (Wildman–Crippen MR) is 73.0 cm³/mol. The Bertz CT molecular complexity index is 727. The molecule has 0 aliphatic heterocycles. The van der Waals surface area contributed by atoms with E-state index in [1.807, 2.05) is 12.1 Å². The zero-order valence-electron chi connectivity index (χ0n) is 10.0. The van der Waals surface area contributed by atoms with E-state index in [-0.39, 0.29) is 0 Å². The first-order valence-electron chi connectivity index (χ1n) is 5.53.